The molecular formula is C14H17Cl2NO5. The van der Waals surface area contributed by atoms with Crippen LogP contribution in [0.3, 0.4) is 0 Å². The summed E-state index contributed by atoms with van der Waals surface area (Å²) in [4.78, 5) is 23.3. The van der Waals surface area contributed by atoms with Crippen LogP contribution in [0.25, 0.3) is 0 Å². The van der Waals surface area contributed by atoms with Crippen LogP contribution in [0.15, 0.2) is 22.2 Å². The van der Waals surface area contributed by atoms with Crippen molar-refractivity contribution in [1.82, 2.24) is 5.32 Å². The van der Waals surface area contributed by atoms with Gasteiger partial charge in [0.25, 0.3) is 0 Å². The molecule has 1 unspecified atom stereocenters. The molecule has 0 aromatic rings. The zero-order valence-electron chi connectivity index (χ0n) is 12.4. The van der Waals surface area contributed by atoms with E-state index in [0.29, 0.717) is 0 Å². The second-order valence-electron chi connectivity index (χ2n) is 6.23. The molecule has 2 N–H and O–H groups in total. The van der Waals surface area contributed by atoms with Crippen molar-refractivity contribution in [2.24, 2.45) is 0 Å². The molecule has 122 valence electrons. The molecule has 22 heavy (non-hydrogen) atoms. The SMILES string of the molecule is CC(C)(C)OC(=O)N[C@H]1CC2(C=C(Cl)C(=O)C(Cl)=C2)OC1O. The van der Waals surface area contributed by atoms with E-state index in [1.165, 1.54) is 12.2 Å². The Bertz CT molecular complexity index is 542. The highest BCUT2D eigenvalue weighted by Crippen LogP contribution is 2.39. The zero-order valence-corrected chi connectivity index (χ0v) is 13.9. The lowest BCUT2D eigenvalue weighted by atomic mass is 9.92. The van der Waals surface area contributed by atoms with Crippen molar-refractivity contribution in [2.75, 3.05) is 0 Å². The van der Waals surface area contributed by atoms with Gasteiger partial charge in [-0.1, -0.05) is 23.2 Å². The monoisotopic (exact) mass is 349 g/mol. The first-order valence-corrected chi connectivity index (χ1v) is 7.44. The summed E-state index contributed by atoms with van der Waals surface area (Å²) in [6.45, 7) is 5.19. The number of aliphatic hydroxyl groups is 1. The van der Waals surface area contributed by atoms with Crippen LogP contribution in [-0.4, -0.2) is 40.5 Å². The minimum absolute atomic E-state index is 0.0855. The third kappa shape index (κ3) is 3.81. The van der Waals surface area contributed by atoms with Crippen LogP contribution < -0.4 is 5.32 Å². The number of allylic oxidation sites excluding steroid dienone is 2. The highest BCUT2D eigenvalue weighted by Gasteiger charge is 2.47. The minimum atomic E-state index is -1.28. The third-order valence-corrected chi connectivity index (χ3v) is 3.66. The van der Waals surface area contributed by atoms with Crippen molar-refractivity contribution < 1.29 is 24.2 Å². The highest BCUT2D eigenvalue weighted by molar-refractivity contribution is 6.55. The number of halogens is 2. The Morgan fingerprint density at radius 3 is 2.45 bits per heavy atom. The Morgan fingerprint density at radius 2 is 1.95 bits per heavy atom. The van der Waals surface area contributed by atoms with E-state index >= 15 is 0 Å². The summed E-state index contributed by atoms with van der Waals surface area (Å²) in [5, 5.41) is 12.3. The molecule has 1 heterocycles. The van der Waals surface area contributed by atoms with Crippen LogP contribution in [0.2, 0.25) is 0 Å². The Hall–Kier alpha value is -1.08. The summed E-state index contributed by atoms with van der Waals surface area (Å²) in [5.74, 6) is -0.504. The molecule has 1 saturated heterocycles. The quantitative estimate of drug-likeness (QED) is 0.757. The van der Waals surface area contributed by atoms with Crippen LogP contribution >= 0.6 is 23.2 Å². The predicted molar refractivity (Wildman–Crippen MR) is 80.5 cm³/mol. The average molecular weight is 350 g/mol. The maximum Gasteiger partial charge on any atom is 0.408 e. The second-order valence-corrected chi connectivity index (χ2v) is 7.05. The van der Waals surface area contributed by atoms with Gasteiger partial charge in [0.05, 0.1) is 16.1 Å². The fourth-order valence-electron chi connectivity index (χ4n) is 2.28. The van der Waals surface area contributed by atoms with Crippen molar-refractivity contribution >= 4 is 35.1 Å². The lowest BCUT2D eigenvalue weighted by Crippen LogP contribution is -2.43. The molecule has 0 bridgehead atoms. The zero-order chi connectivity index (χ0) is 16.7. The summed E-state index contributed by atoms with van der Waals surface area (Å²) >= 11 is 11.7. The Balaban J connectivity index is 2.10. The largest absolute Gasteiger partial charge is 0.444 e. The smallest absolute Gasteiger partial charge is 0.408 e. The molecule has 8 heteroatoms. The number of carbonyl (C=O) groups excluding carboxylic acids is 2. The van der Waals surface area contributed by atoms with Crippen LogP contribution in [0.1, 0.15) is 27.2 Å². The molecule has 1 aliphatic carbocycles. The summed E-state index contributed by atoms with van der Waals surface area (Å²) in [7, 11) is 0. The van der Waals surface area contributed by atoms with Gasteiger partial charge in [-0.05, 0) is 32.9 Å². The highest BCUT2D eigenvalue weighted by atomic mass is 35.5. The average Bonchev–Trinajstić information content (AvgIpc) is 2.59. The van der Waals surface area contributed by atoms with Crippen molar-refractivity contribution in [1.29, 1.82) is 0 Å². The van der Waals surface area contributed by atoms with Crippen LogP contribution in [0, 0.1) is 0 Å². The maximum absolute atomic E-state index is 11.8. The van der Waals surface area contributed by atoms with Gasteiger partial charge in [0.15, 0.2) is 6.29 Å². The number of alkyl carbamates (subject to hydrolysis) is 1. The number of nitrogens with one attached hydrogen (secondary N) is 1. The van der Waals surface area contributed by atoms with Gasteiger partial charge in [-0.15, -0.1) is 0 Å². The van der Waals surface area contributed by atoms with E-state index in [1.54, 1.807) is 20.8 Å². The second kappa shape index (κ2) is 5.85. The van der Waals surface area contributed by atoms with Gasteiger partial charge in [0, 0.05) is 6.42 Å². The first kappa shape index (κ1) is 17.3. The molecule has 1 amide bonds. The number of ether oxygens (including phenoxy) is 2. The van der Waals surface area contributed by atoms with E-state index in [4.69, 9.17) is 32.7 Å². The van der Waals surface area contributed by atoms with Crippen LogP contribution in [0.5, 0.6) is 0 Å². The Kier molecular flexibility index (Phi) is 4.59. The summed E-state index contributed by atoms with van der Waals surface area (Å²) in [6.07, 6.45) is 0.981. The standard InChI is InChI=1S/C14H17Cl2NO5/c1-13(2,3)22-12(20)17-9-6-14(21-11(9)19)4-7(15)10(18)8(16)5-14/h4-5,9,11,19H,6H2,1-3H3,(H,17,20)/t9-,11?/m0/s1. The molecule has 0 aromatic heterocycles. The van der Waals surface area contributed by atoms with Crippen molar-refractivity contribution in [3.8, 4) is 0 Å². The van der Waals surface area contributed by atoms with Gasteiger partial charge < -0.3 is 19.9 Å². The van der Waals surface area contributed by atoms with E-state index in [2.05, 4.69) is 5.32 Å². The molecule has 1 fully saturated rings. The topological polar surface area (TPSA) is 84.9 Å². The normalized spacial score (nSPS) is 27.5. The Labute approximate surface area is 138 Å². The molecule has 2 rings (SSSR count). The van der Waals surface area contributed by atoms with E-state index < -0.39 is 35.4 Å². The van der Waals surface area contributed by atoms with Gasteiger partial charge >= 0.3 is 6.09 Å². The molecule has 6 nitrogen and oxygen atoms in total. The number of aliphatic hydroxyl groups excluding tert-OH is 1. The van der Waals surface area contributed by atoms with Crippen molar-refractivity contribution in [3.05, 3.63) is 22.2 Å². The predicted octanol–water partition coefficient (Wildman–Crippen LogP) is 2.19. The fraction of sp³-hybridized carbons (Fsp3) is 0.571. The summed E-state index contributed by atoms with van der Waals surface area (Å²) in [6, 6.07) is -0.718. The van der Waals surface area contributed by atoms with Crippen molar-refractivity contribution in [3.63, 3.8) is 0 Å². The molecule has 1 spiro atoms. The van der Waals surface area contributed by atoms with Crippen LogP contribution in [0.4, 0.5) is 4.79 Å². The molecule has 0 saturated carbocycles. The van der Waals surface area contributed by atoms with Crippen LogP contribution in [-0.2, 0) is 14.3 Å². The number of hydrogen-bond donors (Lipinski definition) is 2. The first-order valence-electron chi connectivity index (χ1n) is 6.68. The molecule has 0 radical (unpaired) electrons. The minimum Gasteiger partial charge on any atom is -0.444 e. The van der Waals surface area contributed by atoms with Gasteiger partial charge in [0.2, 0.25) is 5.78 Å². The summed E-state index contributed by atoms with van der Waals surface area (Å²) in [5.41, 5.74) is -1.78. The van der Waals surface area contributed by atoms with Gasteiger partial charge in [-0.3, -0.25) is 4.79 Å². The molecule has 0 aromatic carbocycles. The number of carbonyl (C=O) groups is 2. The van der Waals surface area contributed by atoms with Gasteiger partial charge in [-0.2, -0.15) is 0 Å². The summed E-state index contributed by atoms with van der Waals surface area (Å²) < 4.78 is 10.6. The van der Waals surface area contributed by atoms with Crippen molar-refractivity contribution in [2.45, 2.75) is 50.7 Å². The lowest BCUT2D eigenvalue weighted by molar-refractivity contribution is -0.116. The van der Waals surface area contributed by atoms with E-state index in [-0.39, 0.29) is 16.5 Å². The maximum atomic E-state index is 11.8. The number of hydrogen-bond acceptors (Lipinski definition) is 5. The number of amides is 1. The number of ketones is 1. The van der Waals surface area contributed by atoms with E-state index in [1.807, 2.05) is 0 Å². The Morgan fingerprint density at radius 1 is 1.41 bits per heavy atom. The molecule has 2 atom stereocenters. The molecule has 1 aliphatic heterocycles. The number of rotatable bonds is 1. The first-order chi connectivity index (χ1) is 10.0. The number of Topliss-reactive ketones (excluding diaryl/α,β-unsaturated/α-hetero) is 1. The molecule has 2 aliphatic rings. The third-order valence-electron chi connectivity index (χ3n) is 3.10. The van der Waals surface area contributed by atoms with E-state index in [9.17, 15) is 14.7 Å². The lowest BCUT2D eigenvalue weighted by Gasteiger charge is -2.24. The fourth-order valence-corrected chi connectivity index (χ4v) is 2.90. The van der Waals surface area contributed by atoms with Gasteiger partial charge in [0.1, 0.15) is 11.2 Å². The van der Waals surface area contributed by atoms with Gasteiger partial charge in [-0.25, -0.2) is 4.79 Å². The molecular weight excluding hydrogens is 333 g/mol. The van der Waals surface area contributed by atoms with E-state index in [0.717, 1.165) is 0 Å².